The number of aldehydes is 1. The number of methoxy groups -OCH3 is 1. The quantitative estimate of drug-likeness (QED) is 0.512. The van der Waals surface area contributed by atoms with E-state index < -0.39 is 0 Å². The van der Waals surface area contributed by atoms with Gasteiger partial charge >= 0.3 is 5.97 Å². The molecule has 0 unspecified atom stereocenters. The Morgan fingerprint density at radius 1 is 1.17 bits per heavy atom. The summed E-state index contributed by atoms with van der Waals surface area (Å²) in [4.78, 5) is 23.4. The maximum absolute atomic E-state index is 12.1. The molecule has 5 heteroatoms. The summed E-state index contributed by atoms with van der Waals surface area (Å²) in [5.74, 6) is 0.126. The van der Waals surface area contributed by atoms with Gasteiger partial charge in [0.1, 0.15) is 6.61 Å². The fourth-order valence-electron chi connectivity index (χ4n) is 2.55. The van der Waals surface area contributed by atoms with Crippen LogP contribution < -0.4 is 4.74 Å². The van der Waals surface area contributed by atoms with Crippen molar-refractivity contribution in [3.05, 3.63) is 65.4 Å². The molecule has 0 bridgehead atoms. The second-order valence-corrected chi connectivity index (χ2v) is 5.26. The van der Waals surface area contributed by atoms with E-state index >= 15 is 0 Å². The maximum atomic E-state index is 12.1. The molecular formula is C19H16O5. The summed E-state index contributed by atoms with van der Waals surface area (Å²) in [6, 6.07) is 12.7. The molecule has 0 aliphatic carbocycles. The van der Waals surface area contributed by atoms with Crippen LogP contribution in [0.25, 0.3) is 11.0 Å². The first-order chi connectivity index (χ1) is 11.7. The molecule has 0 saturated heterocycles. The molecule has 24 heavy (non-hydrogen) atoms. The number of hydrogen-bond acceptors (Lipinski definition) is 5. The van der Waals surface area contributed by atoms with Crippen LogP contribution >= 0.6 is 0 Å². The van der Waals surface area contributed by atoms with Gasteiger partial charge in [-0.2, -0.15) is 0 Å². The van der Waals surface area contributed by atoms with Crippen LogP contribution in [0.3, 0.4) is 0 Å². The van der Waals surface area contributed by atoms with E-state index in [0.29, 0.717) is 27.8 Å². The van der Waals surface area contributed by atoms with Gasteiger partial charge in [-0.05, 0) is 17.7 Å². The molecular weight excluding hydrogens is 308 g/mol. The van der Waals surface area contributed by atoms with Crippen molar-refractivity contribution in [2.24, 2.45) is 0 Å². The van der Waals surface area contributed by atoms with E-state index in [2.05, 4.69) is 0 Å². The lowest BCUT2D eigenvalue weighted by atomic mass is 10.0. The Labute approximate surface area is 138 Å². The molecule has 0 amide bonds. The topological polar surface area (TPSA) is 65.7 Å². The van der Waals surface area contributed by atoms with E-state index in [1.165, 1.54) is 13.4 Å². The Morgan fingerprint density at radius 3 is 2.67 bits per heavy atom. The van der Waals surface area contributed by atoms with Gasteiger partial charge < -0.3 is 13.9 Å². The van der Waals surface area contributed by atoms with Crippen molar-refractivity contribution < 1.29 is 23.5 Å². The third kappa shape index (κ3) is 3.15. The molecule has 0 spiro atoms. The normalized spacial score (nSPS) is 10.5. The number of benzene rings is 2. The molecule has 0 aliphatic heterocycles. The second kappa shape index (κ2) is 7.00. The van der Waals surface area contributed by atoms with E-state index in [9.17, 15) is 9.59 Å². The van der Waals surface area contributed by atoms with Crippen molar-refractivity contribution in [1.29, 1.82) is 0 Å². The summed E-state index contributed by atoms with van der Waals surface area (Å²) in [6.07, 6.45) is 2.22. The highest BCUT2D eigenvalue weighted by Crippen LogP contribution is 2.32. The zero-order valence-electron chi connectivity index (χ0n) is 13.2. The van der Waals surface area contributed by atoms with Crippen LogP contribution in [-0.4, -0.2) is 19.4 Å². The fourth-order valence-corrected chi connectivity index (χ4v) is 2.55. The third-order valence-electron chi connectivity index (χ3n) is 3.72. The first-order valence-electron chi connectivity index (χ1n) is 7.44. The molecule has 3 rings (SSSR count). The van der Waals surface area contributed by atoms with Gasteiger partial charge in [-0.3, -0.25) is 9.59 Å². The zero-order chi connectivity index (χ0) is 16.9. The van der Waals surface area contributed by atoms with E-state index in [0.717, 1.165) is 11.8 Å². The van der Waals surface area contributed by atoms with Crippen LogP contribution in [0.2, 0.25) is 0 Å². The summed E-state index contributed by atoms with van der Waals surface area (Å²) < 4.78 is 16.0. The standard InChI is InChI=1S/C19H16O5/c1-22-16-8-7-14(10-20)18-15(12-24-19(16)18)9-17(21)23-11-13-5-3-2-4-6-13/h2-8,10,12H,9,11H2,1H3. The Kier molecular flexibility index (Phi) is 4.61. The Bertz CT molecular complexity index is 864. The van der Waals surface area contributed by atoms with Crippen molar-refractivity contribution in [2.45, 2.75) is 13.0 Å². The van der Waals surface area contributed by atoms with Gasteiger partial charge in [0.25, 0.3) is 0 Å². The van der Waals surface area contributed by atoms with Gasteiger partial charge in [0.2, 0.25) is 0 Å². The monoisotopic (exact) mass is 324 g/mol. The van der Waals surface area contributed by atoms with Crippen LogP contribution in [0.5, 0.6) is 5.75 Å². The van der Waals surface area contributed by atoms with Crippen LogP contribution in [0.4, 0.5) is 0 Å². The fraction of sp³-hybridized carbons (Fsp3) is 0.158. The lowest BCUT2D eigenvalue weighted by Crippen LogP contribution is -2.08. The first-order valence-corrected chi connectivity index (χ1v) is 7.44. The van der Waals surface area contributed by atoms with Crippen LogP contribution in [0, 0.1) is 0 Å². The summed E-state index contributed by atoms with van der Waals surface area (Å²) in [5, 5.41) is 0.584. The van der Waals surface area contributed by atoms with Crippen LogP contribution in [-0.2, 0) is 22.6 Å². The average molecular weight is 324 g/mol. The molecule has 0 aliphatic rings. The summed E-state index contributed by atoms with van der Waals surface area (Å²) in [5.41, 5.74) is 2.42. The predicted octanol–water partition coefficient (Wildman–Crippen LogP) is 3.54. The van der Waals surface area contributed by atoms with Crippen molar-refractivity contribution in [3.63, 3.8) is 0 Å². The van der Waals surface area contributed by atoms with Gasteiger partial charge in [-0.15, -0.1) is 0 Å². The highest BCUT2D eigenvalue weighted by molar-refractivity contribution is 6.01. The summed E-state index contributed by atoms with van der Waals surface area (Å²) in [7, 11) is 1.52. The molecule has 0 saturated carbocycles. The van der Waals surface area contributed by atoms with Gasteiger partial charge in [0, 0.05) is 16.5 Å². The minimum Gasteiger partial charge on any atom is -0.493 e. The smallest absolute Gasteiger partial charge is 0.310 e. The molecule has 0 N–H and O–H groups in total. The number of ether oxygens (including phenoxy) is 2. The summed E-state index contributed by atoms with van der Waals surface area (Å²) in [6.45, 7) is 0.208. The van der Waals surface area contributed by atoms with Crippen molar-refractivity contribution >= 4 is 23.2 Å². The average Bonchev–Trinajstić information content (AvgIpc) is 3.04. The van der Waals surface area contributed by atoms with E-state index in [1.807, 2.05) is 30.3 Å². The number of carbonyl (C=O) groups excluding carboxylic acids is 2. The molecule has 1 aromatic heterocycles. The number of carbonyl (C=O) groups is 2. The van der Waals surface area contributed by atoms with Gasteiger partial charge in [0.05, 0.1) is 19.8 Å². The Balaban J connectivity index is 1.79. The first kappa shape index (κ1) is 15.8. The summed E-state index contributed by atoms with van der Waals surface area (Å²) >= 11 is 0. The maximum Gasteiger partial charge on any atom is 0.310 e. The highest BCUT2D eigenvalue weighted by atomic mass is 16.5. The lowest BCUT2D eigenvalue weighted by molar-refractivity contribution is -0.144. The van der Waals surface area contributed by atoms with E-state index in [4.69, 9.17) is 13.9 Å². The second-order valence-electron chi connectivity index (χ2n) is 5.26. The molecule has 0 atom stereocenters. The molecule has 3 aromatic rings. The number of rotatable bonds is 6. The van der Waals surface area contributed by atoms with Gasteiger partial charge in [0.15, 0.2) is 17.6 Å². The van der Waals surface area contributed by atoms with Crippen LogP contribution in [0.1, 0.15) is 21.5 Å². The van der Waals surface area contributed by atoms with Gasteiger partial charge in [-0.25, -0.2) is 0 Å². The number of esters is 1. The number of hydrogen-bond donors (Lipinski definition) is 0. The molecule has 122 valence electrons. The minimum atomic E-state index is -0.388. The minimum absolute atomic E-state index is 0.0217. The zero-order valence-corrected chi connectivity index (χ0v) is 13.2. The number of furan rings is 1. The van der Waals surface area contributed by atoms with Crippen molar-refractivity contribution in [1.82, 2.24) is 0 Å². The lowest BCUT2D eigenvalue weighted by Gasteiger charge is -2.05. The van der Waals surface area contributed by atoms with E-state index in [1.54, 1.807) is 12.1 Å². The molecule has 1 heterocycles. The van der Waals surface area contributed by atoms with E-state index in [-0.39, 0.29) is 19.0 Å². The molecule has 0 fully saturated rings. The predicted molar refractivity (Wildman–Crippen MR) is 88.1 cm³/mol. The largest absolute Gasteiger partial charge is 0.493 e. The molecule has 0 radical (unpaired) electrons. The number of fused-ring (bicyclic) bond motifs is 1. The van der Waals surface area contributed by atoms with Gasteiger partial charge in [-0.1, -0.05) is 30.3 Å². The molecule has 2 aromatic carbocycles. The van der Waals surface area contributed by atoms with Crippen molar-refractivity contribution in [3.8, 4) is 5.75 Å². The third-order valence-corrected chi connectivity index (χ3v) is 3.72. The Morgan fingerprint density at radius 2 is 1.96 bits per heavy atom. The van der Waals surface area contributed by atoms with Crippen molar-refractivity contribution in [2.75, 3.05) is 7.11 Å². The highest BCUT2D eigenvalue weighted by Gasteiger charge is 2.17. The molecule has 5 nitrogen and oxygen atoms in total. The van der Waals surface area contributed by atoms with Crippen LogP contribution in [0.15, 0.2) is 53.1 Å². The Hall–Kier alpha value is -3.08. The SMILES string of the molecule is COc1ccc(C=O)c2c(CC(=O)OCc3ccccc3)coc12.